The molecule has 1 aliphatic carbocycles. The van der Waals surface area contributed by atoms with Crippen molar-refractivity contribution in [1.29, 1.82) is 0 Å². The first kappa shape index (κ1) is 14.1. The monoisotopic (exact) mass is 275 g/mol. The van der Waals surface area contributed by atoms with Gasteiger partial charge in [-0.05, 0) is 60.6 Å². The van der Waals surface area contributed by atoms with Crippen molar-refractivity contribution in [1.82, 2.24) is 4.90 Å². The van der Waals surface area contributed by atoms with E-state index < -0.39 is 0 Å². The molecule has 2 heteroatoms. The number of hydrogen-bond donors (Lipinski definition) is 0. The first-order valence-corrected chi connectivity index (χ1v) is 8.07. The van der Waals surface area contributed by atoms with Crippen LogP contribution in [0.15, 0.2) is 24.3 Å². The maximum atomic E-state index is 12.9. The highest BCUT2D eigenvalue weighted by molar-refractivity contribution is 5.16. The molecule has 1 saturated heterocycles. The zero-order valence-corrected chi connectivity index (χ0v) is 12.7. The Labute approximate surface area is 122 Å². The van der Waals surface area contributed by atoms with Crippen LogP contribution < -0.4 is 0 Å². The molecule has 0 radical (unpaired) electrons. The molecule has 1 saturated carbocycles. The molecule has 1 heterocycles. The lowest BCUT2D eigenvalue weighted by Gasteiger charge is -2.19. The fraction of sp³-hybridized carbons (Fsp3) is 0.667. The van der Waals surface area contributed by atoms with E-state index >= 15 is 0 Å². The maximum absolute atomic E-state index is 12.9. The third-order valence-electron chi connectivity index (χ3n) is 5.05. The molecular weight excluding hydrogens is 249 g/mol. The van der Waals surface area contributed by atoms with E-state index in [1.165, 1.54) is 37.9 Å². The highest BCUT2D eigenvalue weighted by Crippen LogP contribution is 2.44. The standard InChI is InChI=1S/C18H26FN/c1-13(2)7-15-8-16-11-20(12-17(16)9-15)10-14-3-5-18(19)6-4-14/h3-6,13,15-17H,7-12H2,1-2H3/t15?,16-,17+. The van der Waals surface area contributed by atoms with E-state index in [-0.39, 0.29) is 5.82 Å². The van der Waals surface area contributed by atoms with Crippen LogP contribution in [0.3, 0.4) is 0 Å². The van der Waals surface area contributed by atoms with Crippen molar-refractivity contribution in [3.05, 3.63) is 35.6 Å². The minimum atomic E-state index is -0.136. The summed E-state index contributed by atoms with van der Waals surface area (Å²) in [5, 5.41) is 0. The van der Waals surface area contributed by atoms with Crippen molar-refractivity contribution >= 4 is 0 Å². The average Bonchev–Trinajstić information content (AvgIpc) is 2.89. The molecular formula is C18H26FN. The second-order valence-electron chi connectivity index (χ2n) is 7.31. The Hall–Kier alpha value is -0.890. The molecule has 3 rings (SSSR count). The van der Waals surface area contributed by atoms with Crippen molar-refractivity contribution in [3.8, 4) is 0 Å². The predicted molar refractivity (Wildman–Crippen MR) is 80.8 cm³/mol. The third kappa shape index (κ3) is 3.22. The molecule has 1 nitrogen and oxygen atoms in total. The summed E-state index contributed by atoms with van der Waals surface area (Å²) in [5.74, 6) is 3.51. The summed E-state index contributed by atoms with van der Waals surface area (Å²) in [4.78, 5) is 2.56. The highest BCUT2D eigenvalue weighted by Gasteiger charge is 2.40. The summed E-state index contributed by atoms with van der Waals surface area (Å²) in [6, 6.07) is 6.99. The van der Waals surface area contributed by atoms with E-state index in [0.29, 0.717) is 0 Å². The smallest absolute Gasteiger partial charge is 0.123 e. The molecule has 1 aromatic rings. The number of nitrogens with zero attached hydrogens (tertiary/aromatic N) is 1. The minimum absolute atomic E-state index is 0.136. The summed E-state index contributed by atoms with van der Waals surface area (Å²) < 4.78 is 12.9. The summed E-state index contributed by atoms with van der Waals surface area (Å²) in [5.41, 5.74) is 1.24. The van der Waals surface area contributed by atoms with Crippen molar-refractivity contribution in [2.45, 2.75) is 39.7 Å². The molecule has 1 aromatic carbocycles. The van der Waals surface area contributed by atoms with E-state index in [2.05, 4.69) is 18.7 Å². The summed E-state index contributed by atoms with van der Waals surface area (Å²) >= 11 is 0. The van der Waals surface area contributed by atoms with Gasteiger partial charge in [-0.25, -0.2) is 4.39 Å². The van der Waals surface area contributed by atoms with Crippen molar-refractivity contribution in [2.75, 3.05) is 13.1 Å². The number of likely N-dealkylation sites (tertiary alicyclic amines) is 1. The van der Waals surface area contributed by atoms with Gasteiger partial charge in [0.1, 0.15) is 5.82 Å². The number of benzene rings is 1. The summed E-state index contributed by atoms with van der Waals surface area (Å²) in [6.45, 7) is 8.17. The number of hydrogen-bond acceptors (Lipinski definition) is 1. The Balaban J connectivity index is 1.51. The largest absolute Gasteiger partial charge is 0.299 e. The molecule has 0 bridgehead atoms. The molecule has 2 fully saturated rings. The second kappa shape index (κ2) is 5.85. The average molecular weight is 275 g/mol. The van der Waals surface area contributed by atoms with Gasteiger partial charge in [-0.3, -0.25) is 4.90 Å². The van der Waals surface area contributed by atoms with Gasteiger partial charge in [0.2, 0.25) is 0 Å². The van der Waals surface area contributed by atoms with E-state index in [4.69, 9.17) is 0 Å². The fourth-order valence-electron chi connectivity index (χ4n) is 4.36. The molecule has 0 N–H and O–H groups in total. The third-order valence-corrected chi connectivity index (χ3v) is 5.05. The molecule has 0 spiro atoms. The highest BCUT2D eigenvalue weighted by atomic mass is 19.1. The van der Waals surface area contributed by atoms with Crippen LogP contribution >= 0.6 is 0 Å². The zero-order valence-electron chi connectivity index (χ0n) is 12.7. The number of fused-ring (bicyclic) bond motifs is 1. The lowest BCUT2D eigenvalue weighted by Crippen LogP contribution is -2.22. The van der Waals surface area contributed by atoms with Gasteiger partial charge in [0.15, 0.2) is 0 Å². The van der Waals surface area contributed by atoms with Gasteiger partial charge in [-0.1, -0.05) is 26.0 Å². The number of rotatable bonds is 4. The molecule has 3 atom stereocenters. The lowest BCUT2D eigenvalue weighted by atomic mass is 9.94. The van der Waals surface area contributed by atoms with E-state index in [1.54, 1.807) is 12.1 Å². The zero-order chi connectivity index (χ0) is 14.1. The van der Waals surface area contributed by atoms with Crippen molar-refractivity contribution < 1.29 is 4.39 Å². The van der Waals surface area contributed by atoms with Gasteiger partial charge in [0.25, 0.3) is 0 Å². The normalized spacial score (nSPS) is 30.1. The Morgan fingerprint density at radius 1 is 1.10 bits per heavy atom. The molecule has 110 valence electrons. The molecule has 20 heavy (non-hydrogen) atoms. The topological polar surface area (TPSA) is 3.24 Å². The molecule has 1 aliphatic heterocycles. The second-order valence-corrected chi connectivity index (χ2v) is 7.31. The van der Waals surface area contributed by atoms with Gasteiger partial charge < -0.3 is 0 Å². The van der Waals surface area contributed by atoms with Crippen molar-refractivity contribution in [3.63, 3.8) is 0 Å². The van der Waals surface area contributed by atoms with Crippen LogP contribution in [0, 0.1) is 29.5 Å². The van der Waals surface area contributed by atoms with Gasteiger partial charge in [0.05, 0.1) is 0 Å². The Morgan fingerprint density at radius 2 is 1.70 bits per heavy atom. The van der Waals surface area contributed by atoms with Crippen LogP contribution in [-0.2, 0) is 6.54 Å². The van der Waals surface area contributed by atoms with E-state index in [1.807, 2.05) is 12.1 Å². The van der Waals surface area contributed by atoms with Crippen LogP contribution in [0.4, 0.5) is 4.39 Å². The lowest BCUT2D eigenvalue weighted by molar-refractivity contribution is 0.281. The molecule has 0 aromatic heterocycles. The van der Waals surface area contributed by atoms with Gasteiger partial charge in [-0.15, -0.1) is 0 Å². The van der Waals surface area contributed by atoms with E-state index in [0.717, 1.165) is 30.2 Å². The Kier molecular flexibility index (Phi) is 4.11. The fourth-order valence-corrected chi connectivity index (χ4v) is 4.36. The van der Waals surface area contributed by atoms with Crippen LogP contribution in [-0.4, -0.2) is 18.0 Å². The summed E-state index contributed by atoms with van der Waals surface area (Å²) in [7, 11) is 0. The van der Waals surface area contributed by atoms with Crippen LogP contribution in [0.5, 0.6) is 0 Å². The molecule has 0 amide bonds. The molecule has 2 aliphatic rings. The van der Waals surface area contributed by atoms with Gasteiger partial charge in [-0.2, -0.15) is 0 Å². The van der Waals surface area contributed by atoms with Crippen molar-refractivity contribution in [2.24, 2.45) is 23.7 Å². The molecule has 1 unspecified atom stereocenters. The first-order chi connectivity index (χ1) is 9.60. The SMILES string of the molecule is CC(C)CC1C[C@@H]2CN(Cc3ccc(F)cc3)C[C@@H]2C1. The van der Waals surface area contributed by atoms with Gasteiger partial charge >= 0.3 is 0 Å². The quantitative estimate of drug-likeness (QED) is 0.790. The summed E-state index contributed by atoms with van der Waals surface area (Å²) in [6.07, 6.45) is 4.27. The maximum Gasteiger partial charge on any atom is 0.123 e. The minimum Gasteiger partial charge on any atom is -0.299 e. The first-order valence-electron chi connectivity index (χ1n) is 8.07. The Morgan fingerprint density at radius 3 is 2.25 bits per heavy atom. The van der Waals surface area contributed by atoms with Crippen LogP contribution in [0.2, 0.25) is 0 Å². The van der Waals surface area contributed by atoms with Gasteiger partial charge in [0, 0.05) is 19.6 Å². The van der Waals surface area contributed by atoms with Crippen LogP contribution in [0.25, 0.3) is 0 Å². The number of halogens is 1. The van der Waals surface area contributed by atoms with Crippen LogP contribution in [0.1, 0.15) is 38.7 Å². The van der Waals surface area contributed by atoms with E-state index in [9.17, 15) is 4.39 Å². The predicted octanol–water partition coefficient (Wildman–Crippen LogP) is 4.33. The Bertz CT molecular complexity index is 425.